The molecule has 2 atom stereocenters. The molecule has 0 spiro atoms. The second-order valence-corrected chi connectivity index (χ2v) is 13.9. The Morgan fingerprint density at radius 3 is 2.44 bits per heavy atom. The summed E-state index contributed by atoms with van der Waals surface area (Å²) in [6.07, 6.45) is 7.26. The summed E-state index contributed by atoms with van der Waals surface area (Å²) in [7, 11) is 0. The van der Waals surface area contributed by atoms with Gasteiger partial charge in [-0.15, -0.1) is 0 Å². The molecule has 0 aliphatic heterocycles. The number of aromatic nitrogens is 1. The molecule has 1 aliphatic carbocycles. The molecule has 0 fully saturated rings. The van der Waals surface area contributed by atoms with Crippen LogP contribution in [0.2, 0.25) is 0 Å². The first kappa shape index (κ1) is 32.3. The zero-order valence-electron chi connectivity index (χ0n) is 27.2. The van der Waals surface area contributed by atoms with Crippen molar-refractivity contribution in [1.29, 1.82) is 0 Å². The minimum Gasteiger partial charge on any atom is -0.479 e. The van der Waals surface area contributed by atoms with Gasteiger partial charge in [-0.25, -0.2) is 4.79 Å². The zero-order chi connectivity index (χ0) is 31.7. The average Bonchev–Trinajstić information content (AvgIpc) is 3.17. The number of fused-ring (bicyclic) bond motifs is 1. The first-order chi connectivity index (χ1) is 20.1. The van der Waals surface area contributed by atoms with Crippen LogP contribution in [0.5, 0.6) is 0 Å². The lowest BCUT2D eigenvalue weighted by Crippen LogP contribution is -2.38. The molecule has 2 N–H and O–H groups in total. The van der Waals surface area contributed by atoms with Crippen LogP contribution in [0.1, 0.15) is 101 Å². The van der Waals surface area contributed by atoms with Crippen LogP contribution < -0.4 is 5.32 Å². The first-order valence-corrected chi connectivity index (χ1v) is 15.4. The highest BCUT2D eigenvalue weighted by Gasteiger charge is 2.31. The third kappa shape index (κ3) is 7.48. The van der Waals surface area contributed by atoms with Gasteiger partial charge in [-0.3, -0.25) is 4.79 Å². The number of nitrogens with one attached hydrogen (secondary N) is 1. The standard InChI is InChI=1S/C37H48N2O4/c1-23(2)22-39-25(4)32(19-26-12-10-15-30(18-26)43-37(8,9)35(41)42)31-17-16-28(21-33(31)39)34(40)38-24(3)27-13-11-14-29(20-27)36(5,6)7/h10-14,16-18,20-21,23-24,30H,15,19,22H2,1-9H3,(H,38,40)(H,41,42)/t24-,30?/m0/s1. The van der Waals surface area contributed by atoms with Crippen LogP contribution in [0.4, 0.5) is 0 Å². The fourth-order valence-electron chi connectivity index (χ4n) is 5.70. The monoisotopic (exact) mass is 584 g/mol. The van der Waals surface area contributed by atoms with Crippen LogP contribution in [0.25, 0.3) is 10.9 Å². The molecule has 43 heavy (non-hydrogen) atoms. The number of carboxylic acids is 1. The van der Waals surface area contributed by atoms with E-state index in [0.29, 0.717) is 24.3 Å². The smallest absolute Gasteiger partial charge is 0.335 e. The topological polar surface area (TPSA) is 80.6 Å². The maximum atomic E-state index is 13.5. The number of hydrogen-bond donors (Lipinski definition) is 2. The Kier molecular flexibility index (Phi) is 9.41. The maximum absolute atomic E-state index is 13.5. The van der Waals surface area contributed by atoms with E-state index in [2.05, 4.69) is 93.9 Å². The molecule has 0 saturated heterocycles. The predicted molar refractivity (Wildman–Crippen MR) is 175 cm³/mol. The SMILES string of the molecule is Cc1c(CC2=CC(OC(C)(C)C(=O)O)CC=C2)c2ccc(C(=O)N[C@@H](C)c3cccc(C(C)(C)C)c3)cc2n1CC(C)C. The summed E-state index contributed by atoms with van der Waals surface area (Å²) in [4.78, 5) is 25.1. The molecule has 6 nitrogen and oxygen atoms in total. The van der Waals surface area contributed by atoms with Gasteiger partial charge in [0.1, 0.15) is 0 Å². The lowest BCUT2D eigenvalue weighted by Gasteiger charge is -2.27. The third-order valence-corrected chi connectivity index (χ3v) is 8.31. The van der Waals surface area contributed by atoms with Crippen molar-refractivity contribution in [2.24, 2.45) is 5.92 Å². The van der Waals surface area contributed by atoms with Crippen LogP contribution in [-0.4, -0.2) is 33.3 Å². The molecule has 6 heteroatoms. The van der Waals surface area contributed by atoms with Crippen molar-refractivity contribution in [2.75, 3.05) is 0 Å². The summed E-state index contributed by atoms with van der Waals surface area (Å²) in [6.45, 7) is 19.2. The second kappa shape index (κ2) is 12.5. The fourth-order valence-corrected chi connectivity index (χ4v) is 5.70. The highest BCUT2D eigenvalue weighted by atomic mass is 16.5. The van der Waals surface area contributed by atoms with Gasteiger partial charge < -0.3 is 19.7 Å². The predicted octanol–water partition coefficient (Wildman–Crippen LogP) is 8.07. The molecule has 230 valence electrons. The molecule has 1 amide bonds. The van der Waals surface area contributed by atoms with Crippen molar-refractivity contribution in [3.63, 3.8) is 0 Å². The molecular formula is C37H48N2O4. The van der Waals surface area contributed by atoms with E-state index in [1.54, 1.807) is 13.8 Å². The highest BCUT2D eigenvalue weighted by Crippen LogP contribution is 2.32. The van der Waals surface area contributed by atoms with E-state index < -0.39 is 11.6 Å². The van der Waals surface area contributed by atoms with E-state index in [4.69, 9.17) is 4.74 Å². The Labute approximate surface area is 256 Å². The van der Waals surface area contributed by atoms with Crippen molar-refractivity contribution in [3.8, 4) is 0 Å². The Bertz CT molecular complexity index is 1570. The molecule has 3 aromatic rings. The summed E-state index contributed by atoms with van der Waals surface area (Å²) >= 11 is 0. The number of allylic oxidation sites excluding steroid dienone is 2. The van der Waals surface area contributed by atoms with Crippen molar-refractivity contribution in [3.05, 3.63) is 94.2 Å². The second-order valence-electron chi connectivity index (χ2n) is 13.9. The highest BCUT2D eigenvalue weighted by molar-refractivity contribution is 5.99. The van der Waals surface area contributed by atoms with Gasteiger partial charge in [-0.2, -0.15) is 0 Å². The summed E-state index contributed by atoms with van der Waals surface area (Å²) in [5.74, 6) is -0.636. The van der Waals surface area contributed by atoms with E-state index in [1.807, 2.05) is 25.1 Å². The number of hydrogen-bond acceptors (Lipinski definition) is 3. The van der Waals surface area contributed by atoms with Crippen molar-refractivity contribution < 1.29 is 19.4 Å². The van der Waals surface area contributed by atoms with Gasteiger partial charge in [0.25, 0.3) is 5.91 Å². The number of carbonyl (C=O) groups excluding carboxylic acids is 1. The lowest BCUT2D eigenvalue weighted by molar-refractivity contribution is -0.165. The van der Waals surface area contributed by atoms with E-state index in [-0.39, 0.29) is 23.5 Å². The Morgan fingerprint density at radius 1 is 1.07 bits per heavy atom. The Balaban J connectivity index is 1.63. The van der Waals surface area contributed by atoms with Crippen LogP contribution in [0.3, 0.4) is 0 Å². The maximum Gasteiger partial charge on any atom is 0.335 e. The van der Waals surface area contributed by atoms with Crippen LogP contribution in [0, 0.1) is 12.8 Å². The number of amides is 1. The molecule has 0 saturated carbocycles. The third-order valence-electron chi connectivity index (χ3n) is 8.31. The number of aliphatic carboxylic acids is 1. The minimum absolute atomic E-state index is 0.0363. The molecular weight excluding hydrogens is 536 g/mol. The summed E-state index contributed by atoms with van der Waals surface area (Å²) in [5, 5.41) is 13.9. The largest absolute Gasteiger partial charge is 0.479 e. The van der Waals surface area contributed by atoms with Crippen molar-refractivity contribution >= 4 is 22.8 Å². The van der Waals surface area contributed by atoms with Gasteiger partial charge >= 0.3 is 5.97 Å². The number of benzene rings is 2. The summed E-state index contributed by atoms with van der Waals surface area (Å²) < 4.78 is 8.27. The number of ether oxygens (including phenoxy) is 1. The minimum atomic E-state index is -1.26. The number of rotatable bonds is 10. The Morgan fingerprint density at radius 2 is 1.79 bits per heavy atom. The molecule has 1 aliphatic rings. The van der Waals surface area contributed by atoms with Crippen LogP contribution in [-0.2, 0) is 27.9 Å². The molecule has 1 unspecified atom stereocenters. The molecule has 4 rings (SSSR count). The van der Waals surface area contributed by atoms with Gasteiger partial charge in [0.05, 0.1) is 12.1 Å². The van der Waals surface area contributed by atoms with Gasteiger partial charge in [0.15, 0.2) is 5.60 Å². The van der Waals surface area contributed by atoms with Crippen molar-refractivity contribution in [2.45, 2.75) is 105 Å². The van der Waals surface area contributed by atoms with Crippen LogP contribution >= 0.6 is 0 Å². The number of carboxylic acid groups (broad SMARTS) is 1. The quantitative estimate of drug-likeness (QED) is 0.253. The number of nitrogens with zero attached hydrogens (tertiary/aromatic N) is 1. The van der Waals surface area contributed by atoms with Gasteiger partial charge in [0, 0.05) is 28.7 Å². The van der Waals surface area contributed by atoms with Crippen molar-refractivity contribution in [1.82, 2.24) is 9.88 Å². The van der Waals surface area contributed by atoms with Gasteiger partial charge in [-0.05, 0) is 86.3 Å². The Hall–Kier alpha value is -3.64. The molecule has 0 bridgehead atoms. The van der Waals surface area contributed by atoms with Gasteiger partial charge in [0.2, 0.25) is 0 Å². The summed E-state index contributed by atoms with van der Waals surface area (Å²) in [6, 6.07) is 14.3. The molecule has 1 heterocycles. The fraction of sp³-hybridized carbons (Fsp3) is 0.459. The first-order valence-electron chi connectivity index (χ1n) is 15.4. The van der Waals surface area contributed by atoms with E-state index in [9.17, 15) is 14.7 Å². The molecule has 0 radical (unpaired) electrons. The van der Waals surface area contributed by atoms with E-state index >= 15 is 0 Å². The molecule has 2 aromatic carbocycles. The normalized spacial score (nSPS) is 16.4. The molecule has 1 aromatic heterocycles. The average molecular weight is 585 g/mol. The summed E-state index contributed by atoms with van der Waals surface area (Å²) in [5.41, 5.74) is 6.29. The van der Waals surface area contributed by atoms with Crippen LogP contribution in [0.15, 0.2) is 66.3 Å². The van der Waals surface area contributed by atoms with Gasteiger partial charge in [-0.1, -0.05) is 83.2 Å². The number of carbonyl (C=O) groups is 2. The zero-order valence-corrected chi connectivity index (χ0v) is 27.2. The van der Waals surface area contributed by atoms with E-state index in [1.165, 1.54) is 16.8 Å². The lowest BCUT2D eigenvalue weighted by atomic mass is 9.85. The van der Waals surface area contributed by atoms with E-state index in [0.717, 1.165) is 28.6 Å².